The van der Waals surface area contributed by atoms with Crippen molar-refractivity contribution in [2.45, 2.75) is 66.5 Å². The van der Waals surface area contributed by atoms with Crippen molar-refractivity contribution in [1.82, 2.24) is 0 Å². The summed E-state index contributed by atoms with van der Waals surface area (Å²) in [6.45, 7) is 16.6. The monoisotopic (exact) mass is 748 g/mol. The Balaban J connectivity index is 0.00000217. The van der Waals surface area contributed by atoms with Gasteiger partial charge in [-0.15, -0.1) is 0 Å². The molecule has 0 aliphatic heterocycles. The third kappa shape index (κ3) is 6.61. The van der Waals surface area contributed by atoms with Crippen molar-refractivity contribution in [2.75, 3.05) is 0 Å². The van der Waals surface area contributed by atoms with E-state index in [2.05, 4.69) is 176 Å². The molecule has 0 spiro atoms. The molecule has 5 aromatic rings. The third-order valence-electron chi connectivity index (χ3n) is 9.93. The van der Waals surface area contributed by atoms with Crippen LogP contribution >= 0.6 is 0 Å². The minimum atomic E-state index is -2.69. The molecule has 0 amide bonds. The van der Waals surface area contributed by atoms with Crippen molar-refractivity contribution in [3.63, 3.8) is 0 Å². The summed E-state index contributed by atoms with van der Waals surface area (Å²) >= 11 is -2.69. The molecule has 0 saturated heterocycles. The molecule has 238 valence electrons. The van der Waals surface area contributed by atoms with Crippen molar-refractivity contribution < 1.29 is 45.2 Å². The van der Waals surface area contributed by atoms with Crippen LogP contribution in [0.15, 0.2) is 127 Å². The number of halogens is 2. The third-order valence-corrected chi connectivity index (χ3v) is 30.7. The van der Waals surface area contributed by atoms with E-state index < -0.39 is 25.8 Å². The molecule has 1 unspecified atom stereocenters. The minimum absolute atomic E-state index is 0. The molecular formula is C43H44Cl2SiZr. The first-order chi connectivity index (χ1) is 21.5. The Morgan fingerprint density at radius 1 is 0.511 bits per heavy atom. The van der Waals surface area contributed by atoms with Gasteiger partial charge in [0.05, 0.1) is 0 Å². The molecule has 0 heterocycles. The van der Waals surface area contributed by atoms with Gasteiger partial charge >= 0.3 is 280 Å². The van der Waals surface area contributed by atoms with E-state index in [-0.39, 0.29) is 35.6 Å². The van der Waals surface area contributed by atoms with Gasteiger partial charge in [0.25, 0.3) is 0 Å². The fourth-order valence-corrected chi connectivity index (χ4v) is 32.5. The summed E-state index contributed by atoms with van der Waals surface area (Å²) in [4.78, 5) is 0. The van der Waals surface area contributed by atoms with E-state index in [0.717, 1.165) is 0 Å². The molecular weight excluding hydrogens is 707 g/mol. The van der Waals surface area contributed by atoms with Gasteiger partial charge in [-0.1, -0.05) is 0 Å². The Hall–Kier alpha value is -2.48. The maximum Gasteiger partial charge on any atom is -1.00 e. The fourth-order valence-electron chi connectivity index (χ4n) is 7.59. The van der Waals surface area contributed by atoms with Gasteiger partial charge in [-0.05, 0) is 0 Å². The number of hydrogen-bond donors (Lipinski definition) is 0. The molecule has 4 heteroatoms. The van der Waals surface area contributed by atoms with Crippen LogP contribution < -0.4 is 35.2 Å². The van der Waals surface area contributed by atoms with Crippen LogP contribution in [0.4, 0.5) is 0 Å². The van der Waals surface area contributed by atoms with E-state index in [4.69, 9.17) is 0 Å². The first-order valence-corrected chi connectivity index (χ1v) is 24.5. The smallest absolute Gasteiger partial charge is 1.00 e. The molecule has 0 N–H and O–H groups in total. The van der Waals surface area contributed by atoms with Crippen molar-refractivity contribution >= 4 is 21.9 Å². The Labute approximate surface area is 302 Å². The van der Waals surface area contributed by atoms with Crippen LogP contribution in [0.2, 0.25) is 0 Å². The van der Waals surface area contributed by atoms with Crippen molar-refractivity contribution in [1.29, 1.82) is 0 Å². The fraction of sp³-hybridized carbons (Fsp3) is 0.256. The van der Waals surface area contributed by atoms with Gasteiger partial charge < -0.3 is 24.8 Å². The molecule has 0 aromatic heterocycles. The SMILES string of the molecule is CC1=Cc2ccccc2[CH]1[Zr+2]([CH]1c2cc(C(C)(C)C)ccc2-c2ccc(C(C)(C)C)cc21)=[Si](c1ccccc1)c1ccccc1.[Cl-].[Cl-]. The normalized spacial score (nSPS) is 14.9. The summed E-state index contributed by atoms with van der Waals surface area (Å²) in [7, 11) is 0. The molecule has 5 aromatic carbocycles. The Morgan fingerprint density at radius 2 is 0.957 bits per heavy atom. The van der Waals surface area contributed by atoms with Crippen LogP contribution in [0.1, 0.15) is 89.1 Å². The number of rotatable bonds is 4. The van der Waals surface area contributed by atoms with Gasteiger partial charge in [-0.3, -0.25) is 0 Å². The Kier molecular flexibility index (Phi) is 10.5. The summed E-state index contributed by atoms with van der Waals surface area (Å²) < 4.78 is 0.995. The number of allylic oxidation sites excluding steroid dienone is 1. The van der Waals surface area contributed by atoms with Crippen LogP contribution in [0.25, 0.3) is 17.2 Å². The number of benzene rings is 5. The average Bonchev–Trinajstić information content (AvgIpc) is 3.53. The molecule has 2 aliphatic carbocycles. The first-order valence-electron chi connectivity index (χ1n) is 16.4. The molecule has 0 saturated carbocycles. The van der Waals surface area contributed by atoms with Gasteiger partial charge in [0, 0.05) is 0 Å². The van der Waals surface area contributed by atoms with Gasteiger partial charge in [-0.2, -0.15) is 0 Å². The molecule has 47 heavy (non-hydrogen) atoms. The quantitative estimate of drug-likeness (QED) is 0.245. The van der Waals surface area contributed by atoms with Crippen molar-refractivity contribution in [3.05, 3.63) is 160 Å². The van der Waals surface area contributed by atoms with Gasteiger partial charge in [0.15, 0.2) is 0 Å². The molecule has 2 aliphatic rings. The van der Waals surface area contributed by atoms with Crippen LogP contribution in [-0.4, -0.2) is 5.43 Å². The first kappa shape index (κ1) is 35.8. The van der Waals surface area contributed by atoms with Crippen molar-refractivity contribution in [3.8, 4) is 11.1 Å². The second-order valence-corrected chi connectivity index (χ2v) is 29.1. The van der Waals surface area contributed by atoms with E-state index in [1.807, 2.05) is 0 Å². The summed E-state index contributed by atoms with van der Waals surface area (Å²) in [6.07, 6.45) is 2.52. The van der Waals surface area contributed by atoms with Crippen molar-refractivity contribution in [2.24, 2.45) is 0 Å². The Bertz CT molecular complexity index is 1870. The summed E-state index contributed by atoms with van der Waals surface area (Å²) in [5.74, 6) is 0. The Morgan fingerprint density at radius 3 is 1.43 bits per heavy atom. The predicted molar refractivity (Wildman–Crippen MR) is 192 cm³/mol. The van der Waals surface area contributed by atoms with Crippen LogP contribution in [0.5, 0.6) is 0 Å². The zero-order chi connectivity index (χ0) is 31.5. The predicted octanol–water partition coefficient (Wildman–Crippen LogP) is 3.94. The average molecular weight is 751 g/mol. The van der Waals surface area contributed by atoms with E-state index in [1.54, 1.807) is 32.6 Å². The molecule has 0 radical (unpaired) electrons. The van der Waals surface area contributed by atoms with Crippen LogP contribution in [-0.2, 0) is 31.2 Å². The number of hydrogen-bond acceptors (Lipinski definition) is 0. The number of fused-ring (bicyclic) bond motifs is 4. The molecule has 0 nitrogen and oxygen atoms in total. The maximum absolute atomic E-state index is 2.69. The van der Waals surface area contributed by atoms with Gasteiger partial charge in [0.2, 0.25) is 0 Å². The van der Waals surface area contributed by atoms with Crippen LogP contribution in [0, 0.1) is 0 Å². The minimum Gasteiger partial charge on any atom is -1.00 e. The molecule has 1 atom stereocenters. The largest absolute Gasteiger partial charge is 1.00 e. The topological polar surface area (TPSA) is 0 Å². The second-order valence-electron chi connectivity index (χ2n) is 15.0. The maximum atomic E-state index is 2.63. The zero-order valence-corrected chi connectivity index (χ0v) is 33.5. The summed E-state index contributed by atoms with van der Waals surface area (Å²) in [5.41, 5.74) is 12.7. The summed E-state index contributed by atoms with van der Waals surface area (Å²) in [6, 6.07) is 47.6. The van der Waals surface area contributed by atoms with Crippen LogP contribution in [0.3, 0.4) is 0 Å². The summed E-state index contributed by atoms with van der Waals surface area (Å²) in [5, 5.41) is 3.16. The van der Waals surface area contributed by atoms with E-state index in [0.29, 0.717) is 7.25 Å². The second kappa shape index (κ2) is 13.8. The zero-order valence-electron chi connectivity index (χ0n) is 28.5. The van der Waals surface area contributed by atoms with E-state index in [1.165, 1.54) is 27.8 Å². The van der Waals surface area contributed by atoms with E-state index >= 15 is 0 Å². The van der Waals surface area contributed by atoms with E-state index in [9.17, 15) is 0 Å². The van der Waals surface area contributed by atoms with Gasteiger partial charge in [0.1, 0.15) is 0 Å². The molecule has 0 bridgehead atoms. The molecule has 0 fully saturated rings. The van der Waals surface area contributed by atoms with Gasteiger partial charge in [-0.25, -0.2) is 0 Å². The molecule has 7 rings (SSSR count). The standard InChI is InChI=1S/C21H25.C12H10Si.C10H9.2ClH.Zr/c1-20(2,3)16-7-9-18-14(12-16)11-15-13-17(21(4,5)6)8-10-19(15)18;1-3-7-11(8-4-1)13-12-9-5-2-6-10-12;1-8-6-9-4-2-3-5-10(9)7-8;;;/h7-13H,1-6H3;1-10H;2-7H,1H3;2*1H;/q;;;;;+2/p-2.